The second kappa shape index (κ2) is 38.5. The van der Waals surface area contributed by atoms with E-state index in [0.29, 0.717) is 0 Å². The minimum atomic E-state index is -4.92. The first-order valence-corrected chi connectivity index (χ1v) is 21.9. The molecule has 0 fully saturated rings. The Kier molecular flexibility index (Phi) is 39.5. The molecule has 8 heteroatoms. The number of hydrogen-bond donors (Lipinski definition) is 1. The van der Waals surface area contributed by atoms with Crippen molar-refractivity contribution in [3.05, 3.63) is 24.3 Å². The molecule has 0 amide bonds. The number of allylic oxidation sites excluding steroid dienone is 4. The zero-order valence-corrected chi connectivity index (χ0v) is 34.0. The maximum absolute atomic E-state index is 8.63. The Morgan fingerprint density at radius 1 is 0.531 bits per heavy atom. The molecule has 1 N–H and O–H groups in total. The molecule has 1 unspecified atom stereocenters. The summed E-state index contributed by atoms with van der Waals surface area (Å²) in [5.41, 5.74) is 0. The Morgan fingerprint density at radius 3 is 1.18 bits per heavy atom. The van der Waals surface area contributed by atoms with Gasteiger partial charge in [-0.15, -0.1) is 0 Å². The zero-order valence-electron chi connectivity index (χ0n) is 33.2. The van der Waals surface area contributed by atoms with Crippen LogP contribution in [0, 0.1) is 0 Å². The van der Waals surface area contributed by atoms with Crippen LogP contribution < -0.4 is 0 Å². The van der Waals surface area contributed by atoms with Crippen LogP contribution in [-0.4, -0.2) is 69.2 Å². The van der Waals surface area contributed by atoms with Gasteiger partial charge in [0.15, 0.2) is 6.23 Å². The molecule has 0 heterocycles. The quantitative estimate of drug-likeness (QED) is 0.0173. The molecular weight excluding hydrogens is 635 g/mol. The SMILES string of the molecule is CCCCCCC/C=C/CCCCCCCCOCCC(OCCCCCCCC/C=C/CCCCCCCC)[N+](C)(C)C.O=S(=O)([O-])O. The first-order valence-electron chi connectivity index (χ1n) is 20.5. The lowest BCUT2D eigenvalue weighted by Crippen LogP contribution is -2.47. The van der Waals surface area contributed by atoms with E-state index in [1.807, 2.05) is 0 Å². The fourth-order valence-electron chi connectivity index (χ4n) is 5.82. The highest BCUT2D eigenvalue weighted by Gasteiger charge is 2.23. The van der Waals surface area contributed by atoms with Crippen molar-refractivity contribution < 1.29 is 31.5 Å². The third kappa shape index (κ3) is 49.4. The smallest absolute Gasteiger partial charge is 0.215 e. The molecule has 0 aliphatic heterocycles. The van der Waals surface area contributed by atoms with Gasteiger partial charge in [0.25, 0.3) is 0 Å². The van der Waals surface area contributed by atoms with Crippen molar-refractivity contribution in [2.45, 2.75) is 200 Å². The second-order valence-electron chi connectivity index (χ2n) is 14.8. The normalized spacial score (nSPS) is 13.0. The highest BCUT2D eigenvalue weighted by atomic mass is 32.3. The Hall–Kier alpha value is -0.770. The lowest BCUT2D eigenvalue weighted by molar-refractivity contribution is -0.920. The van der Waals surface area contributed by atoms with Crippen LogP contribution in [0.4, 0.5) is 0 Å². The maximum atomic E-state index is 8.63. The molecule has 0 aromatic carbocycles. The van der Waals surface area contributed by atoms with Crippen molar-refractivity contribution >= 4 is 10.4 Å². The molecule has 0 radical (unpaired) electrons. The lowest BCUT2D eigenvalue weighted by Gasteiger charge is -2.33. The molecule has 0 saturated heterocycles. The van der Waals surface area contributed by atoms with Gasteiger partial charge in [-0.25, -0.2) is 8.42 Å². The minimum Gasteiger partial charge on any atom is -0.726 e. The Balaban J connectivity index is 0. The van der Waals surface area contributed by atoms with Gasteiger partial charge in [-0.2, -0.15) is 0 Å². The Morgan fingerprint density at radius 2 is 0.837 bits per heavy atom. The monoisotopic (exact) mass is 718 g/mol. The van der Waals surface area contributed by atoms with Crippen LogP contribution in [0.15, 0.2) is 24.3 Å². The second-order valence-corrected chi connectivity index (χ2v) is 15.6. The van der Waals surface area contributed by atoms with E-state index in [0.717, 1.165) is 30.7 Å². The van der Waals surface area contributed by atoms with E-state index in [4.69, 9.17) is 27.0 Å². The van der Waals surface area contributed by atoms with Crippen LogP contribution in [0.3, 0.4) is 0 Å². The summed E-state index contributed by atoms with van der Waals surface area (Å²) >= 11 is 0. The molecule has 7 nitrogen and oxygen atoms in total. The van der Waals surface area contributed by atoms with Gasteiger partial charge in [0, 0.05) is 13.0 Å². The largest absolute Gasteiger partial charge is 0.726 e. The number of ether oxygens (including phenoxy) is 2. The van der Waals surface area contributed by atoms with Crippen molar-refractivity contribution in [1.29, 1.82) is 0 Å². The fraction of sp³-hybridized carbons (Fsp3) is 0.902. The van der Waals surface area contributed by atoms with E-state index >= 15 is 0 Å². The van der Waals surface area contributed by atoms with Crippen molar-refractivity contribution in [3.8, 4) is 0 Å². The molecule has 49 heavy (non-hydrogen) atoms. The van der Waals surface area contributed by atoms with Gasteiger partial charge in [-0.3, -0.25) is 4.55 Å². The highest BCUT2D eigenvalue weighted by molar-refractivity contribution is 7.79. The third-order valence-electron chi connectivity index (χ3n) is 8.89. The molecular formula is C41H83NO6S. The summed E-state index contributed by atoms with van der Waals surface area (Å²) in [6.07, 6.45) is 47.2. The molecule has 0 aliphatic rings. The summed E-state index contributed by atoms with van der Waals surface area (Å²) < 4.78 is 46.0. The molecule has 0 aromatic rings. The lowest BCUT2D eigenvalue weighted by atomic mass is 10.1. The van der Waals surface area contributed by atoms with Crippen LogP contribution in [-0.2, 0) is 19.9 Å². The number of unbranched alkanes of at least 4 members (excludes halogenated alkanes) is 23. The topological polar surface area (TPSA) is 95.9 Å². The summed E-state index contributed by atoms with van der Waals surface area (Å²) in [5.74, 6) is 0. The third-order valence-corrected chi connectivity index (χ3v) is 8.89. The number of nitrogens with zero attached hydrogens (tertiary/aromatic N) is 1. The van der Waals surface area contributed by atoms with Crippen LogP contribution in [0.25, 0.3) is 0 Å². The van der Waals surface area contributed by atoms with Crippen LogP contribution in [0.5, 0.6) is 0 Å². The number of hydrogen-bond acceptors (Lipinski definition) is 5. The molecule has 1 atom stereocenters. The van der Waals surface area contributed by atoms with E-state index in [9.17, 15) is 0 Å². The zero-order chi connectivity index (χ0) is 36.7. The fourth-order valence-corrected chi connectivity index (χ4v) is 5.82. The van der Waals surface area contributed by atoms with Crippen molar-refractivity contribution in [3.63, 3.8) is 0 Å². The average molecular weight is 718 g/mol. The van der Waals surface area contributed by atoms with Gasteiger partial charge >= 0.3 is 0 Å². The van der Waals surface area contributed by atoms with Crippen LogP contribution in [0.1, 0.15) is 194 Å². The predicted molar refractivity (Wildman–Crippen MR) is 210 cm³/mol. The first kappa shape index (κ1) is 50.3. The number of quaternary nitrogens is 1. The van der Waals surface area contributed by atoms with E-state index < -0.39 is 10.4 Å². The van der Waals surface area contributed by atoms with Gasteiger partial charge in [-0.1, -0.05) is 147 Å². The van der Waals surface area contributed by atoms with E-state index in [1.54, 1.807) is 0 Å². The van der Waals surface area contributed by atoms with Crippen LogP contribution in [0.2, 0.25) is 0 Å². The van der Waals surface area contributed by atoms with Gasteiger partial charge in [0.2, 0.25) is 10.4 Å². The van der Waals surface area contributed by atoms with Gasteiger partial charge < -0.3 is 18.5 Å². The van der Waals surface area contributed by atoms with Crippen molar-refractivity contribution in [2.24, 2.45) is 0 Å². The van der Waals surface area contributed by atoms with Crippen LogP contribution >= 0.6 is 0 Å². The summed E-state index contributed by atoms with van der Waals surface area (Å²) in [4.78, 5) is 0. The molecule has 0 bridgehead atoms. The molecule has 0 aromatic heterocycles. The van der Waals surface area contributed by atoms with Gasteiger partial charge in [0.1, 0.15) is 0 Å². The molecule has 0 rings (SSSR count). The Labute approximate surface area is 306 Å². The van der Waals surface area contributed by atoms with Crippen molar-refractivity contribution in [1.82, 2.24) is 0 Å². The standard InChI is InChI=1S/C41H82NO2.H2O4S/c1-6-8-10-12-14-16-18-20-22-24-26-28-30-32-34-36-39-44-41(42(3,4)5)37-40-43-38-35-33-31-29-27-25-23-21-19-17-15-13-11-9-7-2;1-5(2,3)4/h19-22,41H,6-18,23-40H2,1-5H3;(H2,1,2,3,4)/q+1;/p-1/b21-19+,22-20+;. The summed E-state index contributed by atoms with van der Waals surface area (Å²) in [7, 11) is 1.82. The molecule has 0 saturated carbocycles. The summed E-state index contributed by atoms with van der Waals surface area (Å²) in [6.45, 7) is 7.18. The Bertz CT molecular complexity index is 801. The van der Waals surface area contributed by atoms with E-state index in [1.165, 1.54) is 173 Å². The van der Waals surface area contributed by atoms with Crippen molar-refractivity contribution in [2.75, 3.05) is 41.0 Å². The first-order chi connectivity index (χ1) is 23.5. The van der Waals surface area contributed by atoms with E-state index in [2.05, 4.69) is 59.3 Å². The summed E-state index contributed by atoms with van der Waals surface area (Å²) in [6, 6.07) is 0. The predicted octanol–water partition coefficient (Wildman–Crippen LogP) is 12.1. The molecule has 0 aliphatic carbocycles. The van der Waals surface area contributed by atoms with Gasteiger partial charge in [-0.05, 0) is 64.2 Å². The highest BCUT2D eigenvalue weighted by Crippen LogP contribution is 2.14. The molecule has 0 spiro atoms. The average Bonchev–Trinajstić information content (AvgIpc) is 3.03. The minimum absolute atomic E-state index is 0.230. The van der Waals surface area contributed by atoms with Gasteiger partial charge in [0.05, 0.1) is 34.4 Å². The summed E-state index contributed by atoms with van der Waals surface area (Å²) in [5, 5.41) is 0. The molecule has 294 valence electrons. The van der Waals surface area contributed by atoms with E-state index in [-0.39, 0.29) is 6.23 Å². The number of rotatable bonds is 36. The maximum Gasteiger partial charge on any atom is 0.215 e.